The zero-order valence-corrected chi connectivity index (χ0v) is 10.7. The lowest BCUT2D eigenvalue weighted by Gasteiger charge is -2.09. The fourth-order valence-electron chi connectivity index (χ4n) is 2.32. The third-order valence-corrected chi connectivity index (χ3v) is 3.35. The van der Waals surface area contributed by atoms with Crippen molar-refractivity contribution in [2.45, 2.75) is 25.4 Å². The van der Waals surface area contributed by atoms with Crippen molar-refractivity contribution < 1.29 is 14.3 Å². The molecule has 1 aromatic carbocycles. The van der Waals surface area contributed by atoms with E-state index < -0.39 is 0 Å². The summed E-state index contributed by atoms with van der Waals surface area (Å²) in [7, 11) is 0. The Morgan fingerprint density at radius 1 is 1.47 bits per heavy atom. The first kappa shape index (κ1) is 13.7. The predicted octanol–water partition coefficient (Wildman–Crippen LogP) is 2.12. The Bertz CT molecular complexity index is 473. The van der Waals surface area contributed by atoms with Gasteiger partial charge in [0.05, 0.1) is 6.10 Å². The molecule has 102 valence electrons. The van der Waals surface area contributed by atoms with Crippen molar-refractivity contribution >= 4 is 12.0 Å². The molecule has 4 heteroatoms. The first-order chi connectivity index (χ1) is 9.13. The zero-order chi connectivity index (χ0) is 13.7. The van der Waals surface area contributed by atoms with Crippen molar-refractivity contribution in [2.75, 3.05) is 6.54 Å². The lowest BCUT2D eigenvalue weighted by atomic mass is 10.1. The van der Waals surface area contributed by atoms with Gasteiger partial charge in [-0.25, -0.2) is 4.39 Å². The van der Waals surface area contributed by atoms with Gasteiger partial charge in [-0.2, -0.15) is 0 Å². The summed E-state index contributed by atoms with van der Waals surface area (Å²) in [6.45, 7) is 0.587. The molecule has 19 heavy (non-hydrogen) atoms. The van der Waals surface area contributed by atoms with E-state index in [4.69, 9.17) is 0 Å². The van der Waals surface area contributed by atoms with Crippen molar-refractivity contribution in [2.24, 2.45) is 5.92 Å². The van der Waals surface area contributed by atoms with Gasteiger partial charge in [-0.15, -0.1) is 0 Å². The molecule has 1 aromatic rings. The van der Waals surface area contributed by atoms with Crippen LogP contribution in [0, 0.1) is 11.7 Å². The predicted molar refractivity (Wildman–Crippen MR) is 71.8 cm³/mol. The molecule has 2 rings (SSSR count). The molecule has 2 N–H and O–H groups in total. The van der Waals surface area contributed by atoms with E-state index in [9.17, 15) is 14.3 Å². The van der Waals surface area contributed by atoms with E-state index in [2.05, 4.69) is 5.32 Å². The molecule has 3 nitrogen and oxygen atoms in total. The fraction of sp³-hybridized carbons (Fsp3) is 0.400. The Morgan fingerprint density at radius 2 is 2.32 bits per heavy atom. The second-order valence-corrected chi connectivity index (χ2v) is 4.97. The minimum absolute atomic E-state index is 0.189. The maximum absolute atomic E-state index is 12.9. The molecule has 0 saturated heterocycles. The van der Waals surface area contributed by atoms with Crippen molar-refractivity contribution in [3.8, 4) is 0 Å². The molecule has 2 unspecified atom stereocenters. The van der Waals surface area contributed by atoms with E-state index in [1.807, 2.05) is 0 Å². The molecule has 0 radical (unpaired) electrons. The molecule has 1 amide bonds. The van der Waals surface area contributed by atoms with Crippen molar-refractivity contribution in [3.63, 3.8) is 0 Å². The minimum Gasteiger partial charge on any atom is -0.393 e. The summed E-state index contributed by atoms with van der Waals surface area (Å²) in [4.78, 5) is 11.6. The summed E-state index contributed by atoms with van der Waals surface area (Å²) in [6.07, 6.45) is 5.30. The lowest BCUT2D eigenvalue weighted by molar-refractivity contribution is -0.116. The number of nitrogens with one attached hydrogen (secondary N) is 1. The third-order valence-electron chi connectivity index (χ3n) is 3.35. The van der Waals surface area contributed by atoms with Gasteiger partial charge in [0.25, 0.3) is 0 Å². The molecular formula is C15H18FNO2. The van der Waals surface area contributed by atoms with Crippen LogP contribution < -0.4 is 5.32 Å². The van der Waals surface area contributed by atoms with Crippen LogP contribution in [0.4, 0.5) is 4.39 Å². The van der Waals surface area contributed by atoms with E-state index in [0.717, 1.165) is 19.3 Å². The van der Waals surface area contributed by atoms with Crippen molar-refractivity contribution in [1.29, 1.82) is 0 Å². The first-order valence-corrected chi connectivity index (χ1v) is 6.53. The van der Waals surface area contributed by atoms with E-state index in [-0.39, 0.29) is 17.8 Å². The SMILES string of the molecule is O=C(/C=C/c1cccc(F)c1)NCC1CCC(O)C1. The number of hydrogen-bond donors (Lipinski definition) is 2. The quantitative estimate of drug-likeness (QED) is 0.817. The summed E-state index contributed by atoms with van der Waals surface area (Å²) >= 11 is 0. The number of aliphatic hydroxyl groups excluding tert-OH is 1. The topological polar surface area (TPSA) is 49.3 Å². The number of aliphatic hydroxyl groups is 1. The molecule has 0 heterocycles. The van der Waals surface area contributed by atoms with Gasteiger partial charge in [0, 0.05) is 12.6 Å². The minimum atomic E-state index is -0.317. The molecule has 1 aliphatic carbocycles. The number of carbonyl (C=O) groups excluding carboxylic acids is 1. The van der Waals surface area contributed by atoms with E-state index in [1.54, 1.807) is 18.2 Å². The van der Waals surface area contributed by atoms with E-state index in [0.29, 0.717) is 18.0 Å². The molecule has 1 saturated carbocycles. The van der Waals surface area contributed by atoms with E-state index in [1.165, 1.54) is 18.2 Å². The molecule has 0 aliphatic heterocycles. The van der Waals surface area contributed by atoms with Gasteiger partial charge in [0.2, 0.25) is 5.91 Å². The molecule has 1 fully saturated rings. The van der Waals surface area contributed by atoms with Crippen LogP contribution >= 0.6 is 0 Å². The Labute approximate surface area is 112 Å². The van der Waals surface area contributed by atoms with Crippen LogP contribution in [0.3, 0.4) is 0 Å². The van der Waals surface area contributed by atoms with Gasteiger partial charge in [-0.1, -0.05) is 12.1 Å². The first-order valence-electron chi connectivity index (χ1n) is 6.53. The molecule has 0 aromatic heterocycles. The standard InChI is InChI=1S/C15H18FNO2/c16-13-3-1-2-11(8-13)5-7-15(19)17-10-12-4-6-14(18)9-12/h1-3,5,7-8,12,14,18H,4,6,9-10H2,(H,17,19)/b7-5+. The van der Waals surface area contributed by atoms with Crippen LogP contribution in [0.2, 0.25) is 0 Å². The van der Waals surface area contributed by atoms with Crippen LogP contribution in [-0.4, -0.2) is 23.7 Å². The van der Waals surface area contributed by atoms with Gasteiger partial charge in [0.15, 0.2) is 0 Å². The summed E-state index contributed by atoms with van der Waals surface area (Å²) in [5.41, 5.74) is 0.659. The average Bonchev–Trinajstić information content (AvgIpc) is 2.80. The molecule has 0 spiro atoms. The highest BCUT2D eigenvalue weighted by atomic mass is 19.1. The highest BCUT2D eigenvalue weighted by molar-refractivity contribution is 5.91. The second kappa shape index (κ2) is 6.48. The van der Waals surface area contributed by atoms with Gasteiger partial charge < -0.3 is 10.4 Å². The summed E-state index contributed by atoms with van der Waals surface area (Å²) < 4.78 is 12.9. The summed E-state index contributed by atoms with van der Waals surface area (Å²) in [5.74, 6) is -0.144. The monoisotopic (exact) mass is 263 g/mol. The van der Waals surface area contributed by atoms with Gasteiger partial charge >= 0.3 is 0 Å². The van der Waals surface area contributed by atoms with Gasteiger partial charge in [-0.05, 0) is 49.0 Å². The molecular weight excluding hydrogens is 245 g/mol. The van der Waals surface area contributed by atoms with E-state index >= 15 is 0 Å². The van der Waals surface area contributed by atoms with Gasteiger partial charge in [-0.3, -0.25) is 4.79 Å². The number of carbonyl (C=O) groups is 1. The second-order valence-electron chi connectivity index (χ2n) is 4.97. The normalized spacial score (nSPS) is 22.8. The van der Waals surface area contributed by atoms with Crippen molar-refractivity contribution in [3.05, 3.63) is 41.7 Å². The molecule has 0 bridgehead atoms. The maximum atomic E-state index is 12.9. The zero-order valence-electron chi connectivity index (χ0n) is 10.7. The molecule has 2 atom stereocenters. The number of amides is 1. The van der Waals surface area contributed by atoms with Crippen LogP contribution in [0.25, 0.3) is 6.08 Å². The van der Waals surface area contributed by atoms with Gasteiger partial charge in [0.1, 0.15) is 5.82 Å². The summed E-state index contributed by atoms with van der Waals surface area (Å²) in [5, 5.41) is 12.2. The largest absolute Gasteiger partial charge is 0.393 e. The lowest BCUT2D eigenvalue weighted by Crippen LogP contribution is -2.26. The Hall–Kier alpha value is -1.68. The maximum Gasteiger partial charge on any atom is 0.244 e. The Kier molecular flexibility index (Phi) is 4.68. The number of benzene rings is 1. The number of rotatable bonds is 4. The highest BCUT2D eigenvalue weighted by Crippen LogP contribution is 2.24. The third kappa shape index (κ3) is 4.48. The van der Waals surface area contributed by atoms with Crippen LogP contribution in [-0.2, 0) is 4.79 Å². The number of halogens is 1. The number of hydrogen-bond acceptors (Lipinski definition) is 2. The fourth-order valence-corrected chi connectivity index (χ4v) is 2.32. The van der Waals surface area contributed by atoms with Crippen LogP contribution in [0.1, 0.15) is 24.8 Å². The van der Waals surface area contributed by atoms with Crippen LogP contribution in [0.5, 0.6) is 0 Å². The Morgan fingerprint density at radius 3 is 3.00 bits per heavy atom. The van der Waals surface area contributed by atoms with Crippen molar-refractivity contribution in [1.82, 2.24) is 5.32 Å². The Balaban J connectivity index is 1.78. The smallest absolute Gasteiger partial charge is 0.244 e. The highest BCUT2D eigenvalue weighted by Gasteiger charge is 2.22. The molecule has 1 aliphatic rings. The average molecular weight is 263 g/mol. The summed E-state index contributed by atoms with van der Waals surface area (Å²) in [6, 6.07) is 6.08. The van der Waals surface area contributed by atoms with Crippen LogP contribution in [0.15, 0.2) is 30.3 Å².